The summed E-state index contributed by atoms with van der Waals surface area (Å²) in [4.78, 5) is 0. The highest BCUT2D eigenvalue weighted by molar-refractivity contribution is 5.85. The fraction of sp³-hybridized carbons (Fsp3) is 1.00. The lowest BCUT2D eigenvalue weighted by Gasteiger charge is -2.34. The van der Waals surface area contributed by atoms with Crippen LogP contribution in [-0.2, 0) is 4.74 Å². The van der Waals surface area contributed by atoms with Crippen molar-refractivity contribution < 1.29 is 4.74 Å². The van der Waals surface area contributed by atoms with Crippen LogP contribution in [-0.4, -0.2) is 19.3 Å². The highest BCUT2D eigenvalue weighted by Crippen LogP contribution is 2.29. The molecule has 0 aromatic rings. The normalized spacial score (nSPS) is 22.4. The number of methoxy groups -OCH3 is 1. The van der Waals surface area contributed by atoms with E-state index in [1.807, 2.05) is 0 Å². The van der Waals surface area contributed by atoms with Gasteiger partial charge in [0.05, 0.1) is 5.60 Å². The van der Waals surface area contributed by atoms with Crippen molar-refractivity contribution in [3.8, 4) is 0 Å². The van der Waals surface area contributed by atoms with Crippen LogP contribution in [0.4, 0.5) is 0 Å². The topological polar surface area (TPSA) is 35.2 Å². The van der Waals surface area contributed by atoms with Gasteiger partial charge in [0.1, 0.15) is 0 Å². The first-order valence-electron chi connectivity index (χ1n) is 4.08. The number of nitrogens with two attached hydrogens (primary N) is 1. The maximum absolute atomic E-state index is 5.62. The maximum Gasteiger partial charge on any atom is 0.0800 e. The molecule has 2 nitrogen and oxygen atoms in total. The van der Waals surface area contributed by atoms with Gasteiger partial charge in [-0.25, -0.2) is 0 Å². The number of hydrogen-bond donors (Lipinski definition) is 1. The molecule has 0 aliphatic heterocycles. The van der Waals surface area contributed by atoms with E-state index >= 15 is 0 Å². The molecule has 2 N–H and O–H groups in total. The second-order valence-corrected chi connectivity index (χ2v) is 3.15. The van der Waals surface area contributed by atoms with E-state index in [9.17, 15) is 0 Å². The molecule has 0 spiro atoms. The van der Waals surface area contributed by atoms with Gasteiger partial charge in [-0.15, -0.1) is 12.4 Å². The molecule has 0 amide bonds. The number of ether oxygens (including phenoxy) is 1. The smallest absolute Gasteiger partial charge is 0.0800 e. The van der Waals surface area contributed by atoms with Crippen molar-refractivity contribution in [2.24, 2.45) is 5.73 Å². The van der Waals surface area contributed by atoms with Crippen molar-refractivity contribution in [1.29, 1.82) is 0 Å². The highest BCUT2D eigenvalue weighted by Gasteiger charge is 2.29. The highest BCUT2D eigenvalue weighted by atomic mass is 35.5. The Balaban J connectivity index is 0.000001000. The molecule has 0 radical (unpaired) electrons. The second-order valence-electron chi connectivity index (χ2n) is 3.15. The first kappa shape index (κ1) is 11.2. The van der Waals surface area contributed by atoms with Gasteiger partial charge in [0.15, 0.2) is 0 Å². The Labute approximate surface area is 74.9 Å². The minimum atomic E-state index is 0. The monoisotopic (exact) mass is 179 g/mol. The summed E-state index contributed by atoms with van der Waals surface area (Å²) in [7, 11) is 1.78. The van der Waals surface area contributed by atoms with E-state index in [1.165, 1.54) is 19.3 Å². The van der Waals surface area contributed by atoms with Crippen LogP contribution < -0.4 is 5.73 Å². The van der Waals surface area contributed by atoms with Crippen LogP contribution in [0.1, 0.15) is 32.1 Å². The van der Waals surface area contributed by atoms with Crippen LogP contribution >= 0.6 is 12.4 Å². The van der Waals surface area contributed by atoms with Gasteiger partial charge in [0.25, 0.3) is 0 Å². The molecule has 0 aromatic heterocycles. The first-order chi connectivity index (χ1) is 4.83. The Morgan fingerprint density at radius 1 is 1.27 bits per heavy atom. The third-order valence-electron chi connectivity index (χ3n) is 2.57. The average molecular weight is 180 g/mol. The number of halogens is 1. The Morgan fingerprint density at radius 3 is 2.09 bits per heavy atom. The molecule has 1 aliphatic rings. The van der Waals surface area contributed by atoms with Crippen LogP contribution in [0.3, 0.4) is 0 Å². The molecule has 0 aromatic carbocycles. The van der Waals surface area contributed by atoms with E-state index in [2.05, 4.69) is 0 Å². The number of hydrogen-bond acceptors (Lipinski definition) is 2. The van der Waals surface area contributed by atoms with Gasteiger partial charge < -0.3 is 10.5 Å². The molecule has 1 aliphatic carbocycles. The van der Waals surface area contributed by atoms with Crippen LogP contribution in [0.5, 0.6) is 0 Å². The zero-order chi connectivity index (χ0) is 7.45. The van der Waals surface area contributed by atoms with Gasteiger partial charge in [-0.2, -0.15) is 0 Å². The maximum atomic E-state index is 5.62. The summed E-state index contributed by atoms with van der Waals surface area (Å²) < 4.78 is 5.40. The molecule has 0 heterocycles. The lowest BCUT2D eigenvalue weighted by molar-refractivity contribution is -0.0312. The fourth-order valence-corrected chi connectivity index (χ4v) is 1.69. The summed E-state index contributed by atoms with van der Waals surface area (Å²) in [5.41, 5.74) is 5.66. The van der Waals surface area contributed by atoms with Gasteiger partial charge in [0.2, 0.25) is 0 Å². The predicted molar refractivity (Wildman–Crippen MR) is 49.1 cm³/mol. The summed E-state index contributed by atoms with van der Waals surface area (Å²) in [6, 6.07) is 0. The minimum Gasteiger partial charge on any atom is -0.377 e. The van der Waals surface area contributed by atoms with Crippen LogP contribution in [0.2, 0.25) is 0 Å². The molecule has 1 saturated carbocycles. The van der Waals surface area contributed by atoms with Gasteiger partial charge in [0, 0.05) is 13.7 Å². The van der Waals surface area contributed by atoms with Crippen molar-refractivity contribution in [2.45, 2.75) is 37.7 Å². The zero-order valence-electron chi connectivity index (χ0n) is 7.14. The molecule has 1 rings (SSSR count). The van der Waals surface area contributed by atoms with Crippen LogP contribution in [0.15, 0.2) is 0 Å². The standard InChI is InChI=1S/C8H17NO.ClH/c1-10-8(7-9)5-3-2-4-6-8;/h2-7,9H2,1H3;1H. The second kappa shape index (κ2) is 4.96. The van der Waals surface area contributed by atoms with Crippen molar-refractivity contribution in [1.82, 2.24) is 0 Å². The largest absolute Gasteiger partial charge is 0.377 e. The molecule has 0 unspecified atom stereocenters. The van der Waals surface area contributed by atoms with E-state index in [4.69, 9.17) is 10.5 Å². The Kier molecular flexibility index (Phi) is 5.06. The van der Waals surface area contributed by atoms with E-state index in [0.29, 0.717) is 6.54 Å². The van der Waals surface area contributed by atoms with E-state index in [1.54, 1.807) is 7.11 Å². The van der Waals surface area contributed by atoms with Crippen molar-refractivity contribution in [3.63, 3.8) is 0 Å². The summed E-state index contributed by atoms with van der Waals surface area (Å²) >= 11 is 0. The average Bonchev–Trinajstić information content (AvgIpc) is 2.06. The zero-order valence-corrected chi connectivity index (χ0v) is 7.95. The molecule has 68 valence electrons. The summed E-state index contributed by atoms with van der Waals surface area (Å²) in [5, 5.41) is 0. The van der Waals surface area contributed by atoms with E-state index in [0.717, 1.165) is 12.8 Å². The summed E-state index contributed by atoms with van der Waals surface area (Å²) in [6.07, 6.45) is 6.22. The molecular formula is C8H18ClNO. The molecule has 0 bridgehead atoms. The SMILES string of the molecule is COC1(CN)CCCCC1.Cl. The van der Waals surface area contributed by atoms with Gasteiger partial charge in [-0.05, 0) is 12.8 Å². The van der Waals surface area contributed by atoms with Crippen molar-refractivity contribution in [2.75, 3.05) is 13.7 Å². The van der Waals surface area contributed by atoms with Gasteiger partial charge >= 0.3 is 0 Å². The number of rotatable bonds is 2. The van der Waals surface area contributed by atoms with E-state index < -0.39 is 0 Å². The third-order valence-corrected chi connectivity index (χ3v) is 2.57. The van der Waals surface area contributed by atoms with Crippen molar-refractivity contribution in [3.05, 3.63) is 0 Å². The molecule has 3 heteroatoms. The Hall–Kier alpha value is 0.210. The lowest BCUT2D eigenvalue weighted by Crippen LogP contribution is -2.41. The fourth-order valence-electron chi connectivity index (χ4n) is 1.69. The van der Waals surface area contributed by atoms with Gasteiger partial charge in [-0.3, -0.25) is 0 Å². The third kappa shape index (κ3) is 2.62. The van der Waals surface area contributed by atoms with Gasteiger partial charge in [-0.1, -0.05) is 19.3 Å². The first-order valence-corrected chi connectivity index (χ1v) is 4.08. The molecule has 11 heavy (non-hydrogen) atoms. The van der Waals surface area contributed by atoms with Crippen LogP contribution in [0.25, 0.3) is 0 Å². The lowest BCUT2D eigenvalue weighted by atomic mass is 9.85. The minimum absolute atomic E-state index is 0. The Morgan fingerprint density at radius 2 is 1.82 bits per heavy atom. The summed E-state index contributed by atoms with van der Waals surface area (Å²) in [6.45, 7) is 0.684. The van der Waals surface area contributed by atoms with Crippen LogP contribution in [0, 0.1) is 0 Å². The van der Waals surface area contributed by atoms with Crippen molar-refractivity contribution >= 4 is 12.4 Å². The van der Waals surface area contributed by atoms with E-state index in [-0.39, 0.29) is 18.0 Å². The molecule has 1 fully saturated rings. The molecular weight excluding hydrogens is 162 g/mol. The quantitative estimate of drug-likeness (QED) is 0.701. The Bertz CT molecular complexity index is 96.3. The predicted octanol–water partition coefficient (Wildman–Crippen LogP) is 1.72. The molecule has 0 atom stereocenters. The summed E-state index contributed by atoms with van der Waals surface area (Å²) in [5.74, 6) is 0. The molecule has 0 saturated heterocycles.